The fraction of sp³-hybridized carbons (Fsp3) is 0.381. The molecule has 2 rings (SSSR count). The number of ether oxygens (including phenoxy) is 1. The quantitative estimate of drug-likeness (QED) is 0.704. The molecule has 122 valence electrons. The summed E-state index contributed by atoms with van der Waals surface area (Å²) in [5, 5.41) is 0. The van der Waals surface area contributed by atoms with Crippen molar-refractivity contribution in [2.75, 3.05) is 0 Å². The zero-order chi connectivity index (χ0) is 16.9. The molecule has 2 aromatic rings. The summed E-state index contributed by atoms with van der Waals surface area (Å²) in [7, 11) is 0. The van der Waals surface area contributed by atoms with Gasteiger partial charge in [-0.3, -0.25) is 4.79 Å². The van der Waals surface area contributed by atoms with Crippen LogP contribution in [-0.4, -0.2) is 12.1 Å². The molecule has 0 spiro atoms. The number of rotatable bonds is 6. The average Bonchev–Trinajstić information content (AvgIpc) is 2.53. The van der Waals surface area contributed by atoms with Crippen molar-refractivity contribution < 1.29 is 9.53 Å². The van der Waals surface area contributed by atoms with E-state index in [1.54, 1.807) is 0 Å². The van der Waals surface area contributed by atoms with E-state index in [4.69, 9.17) is 4.74 Å². The molecule has 0 aliphatic carbocycles. The second-order valence-electron chi connectivity index (χ2n) is 6.69. The van der Waals surface area contributed by atoms with Crippen LogP contribution in [0.15, 0.2) is 60.7 Å². The van der Waals surface area contributed by atoms with Crippen LogP contribution in [0.1, 0.15) is 45.2 Å². The molecule has 0 atom stereocenters. The Balaban J connectivity index is 2.66. The molecule has 0 saturated heterocycles. The molecule has 0 aromatic heterocycles. The van der Waals surface area contributed by atoms with Crippen molar-refractivity contribution in [2.45, 2.75) is 45.6 Å². The van der Waals surface area contributed by atoms with Gasteiger partial charge in [0.05, 0.1) is 6.10 Å². The first-order chi connectivity index (χ1) is 11.0. The van der Waals surface area contributed by atoms with E-state index < -0.39 is 5.41 Å². The highest BCUT2D eigenvalue weighted by Crippen LogP contribution is 2.39. The van der Waals surface area contributed by atoms with Crippen molar-refractivity contribution in [1.29, 1.82) is 0 Å². The monoisotopic (exact) mass is 310 g/mol. The first-order valence-electron chi connectivity index (χ1n) is 8.29. The van der Waals surface area contributed by atoms with Gasteiger partial charge in [0, 0.05) is 0 Å². The van der Waals surface area contributed by atoms with Crippen LogP contribution >= 0.6 is 0 Å². The molecule has 0 heterocycles. The lowest BCUT2D eigenvalue weighted by molar-refractivity contribution is -0.153. The smallest absolute Gasteiger partial charge is 0.321 e. The van der Waals surface area contributed by atoms with Crippen molar-refractivity contribution >= 4 is 5.97 Å². The minimum Gasteiger partial charge on any atom is -0.462 e. The fourth-order valence-electron chi connectivity index (χ4n) is 3.09. The Morgan fingerprint density at radius 3 is 1.65 bits per heavy atom. The van der Waals surface area contributed by atoms with E-state index in [0.717, 1.165) is 11.1 Å². The predicted octanol–water partition coefficient (Wildman–Crippen LogP) is 4.97. The van der Waals surface area contributed by atoms with Gasteiger partial charge in [0.1, 0.15) is 5.41 Å². The number of benzene rings is 2. The van der Waals surface area contributed by atoms with Crippen molar-refractivity contribution in [1.82, 2.24) is 0 Å². The Morgan fingerprint density at radius 1 is 0.870 bits per heavy atom. The van der Waals surface area contributed by atoms with Crippen LogP contribution in [0.5, 0.6) is 0 Å². The second-order valence-corrected chi connectivity index (χ2v) is 6.69. The molecule has 2 aromatic carbocycles. The topological polar surface area (TPSA) is 26.3 Å². The number of carbonyl (C=O) groups excluding carboxylic acids is 1. The van der Waals surface area contributed by atoms with Gasteiger partial charge in [-0.1, -0.05) is 74.5 Å². The third-order valence-electron chi connectivity index (χ3n) is 3.94. The summed E-state index contributed by atoms with van der Waals surface area (Å²) in [4.78, 5) is 13.2. The molecule has 0 N–H and O–H groups in total. The van der Waals surface area contributed by atoms with Gasteiger partial charge in [-0.2, -0.15) is 0 Å². The van der Waals surface area contributed by atoms with Crippen LogP contribution in [0.3, 0.4) is 0 Å². The lowest BCUT2D eigenvalue weighted by Crippen LogP contribution is -2.41. The van der Waals surface area contributed by atoms with E-state index in [1.165, 1.54) is 0 Å². The number of carbonyl (C=O) groups is 1. The molecule has 0 radical (unpaired) electrons. The highest BCUT2D eigenvalue weighted by molar-refractivity contribution is 5.87. The largest absolute Gasteiger partial charge is 0.462 e. The maximum atomic E-state index is 13.2. The second kappa shape index (κ2) is 7.45. The van der Waals surface area contributed by atoms with E-state index in [-0.39, 0.29) is 12.1 Å². The van der Waals surface area contributed by atoms with E-state index in [2.05, 4.69) is 13.8 Å². The molecule has 0 unspecified atom stereocenters. The van der Waals surface area contributed by atoms with Crippen LogP contribution in [0.2, 0.25) is 0 Å². The van der Waals surface area contributed by atoms with E-state index >= 15 is 0 Å². The molecular weight excluding hydrogens is 284 g/mol. The zero-order valence-electron chi connectivity index (χ0n) is 14.5. The number of hydrogen-bond acceptors (Lipinski definition) is 2. The van der Waals surface area contributed by atoms with Gasteiger partial charge in [0.25, 0.3) is 0 Å². The summed E-state index contributed by atoms with van der Waals surface area (Å²) in [6.45, 7) is 8.08. The Kier molecular flexibility index (Phi) is 5.59. The van der Waals surface area contributed by atoms with E-state index in [1.807, 2.05) is 74.5 Å². The van der Waals surface area contributed by atoms with Crippen LogP contribution < -0.4 is 0 Å². The first-order valence-corrected chi connectivity index (χ1v) is 8.29. The number of esters is 1. The van der Waals surface area contributed by atoms with Gasteiger partial charge in [0.2, 0.25) is 0 Å². The molecular formula is C21H26O2. The predicted molar refractivity (Wildman–Crippen MR) is 94.3 cm³/mol. The minimum atomic E-state index is -0.763. The third kappa shape index (κ3) is 3.82. The number of hydrogen-bond donors (Lipinski definition) is 0. The minimum absolute atomic E-state index is 0.138. The van der Waals surface area contributed by atoms with Crippen LogP contribution in [0.25, 0.3) is 0 Å². The summed E-state index contributed by atoms with van der Waals surface area (Å²) in [5.41, 5.74) is 1.22. The maximum absolute atomic E-state index is 13.2. The molecule has 0 aliphatic heterocycles. The zero-order valence-corrected chi connectivity index (χ0v) is 14.5. The van der Waals surface area contributed by atoms with Crippen molar-refractivity contribution in [2.24, 2.45) is 5.92 Å². The molecule has 2 heteroatoms. The summed E-state index contributed by atoms with van der Waals surface area (Å²) < 4.78 is 5.69. The van der Waals surface area contributed by atoms with Gasteiger partial charge in [0.15, 0.2) is 0 Å². The van der Waals surface area contributed by atoms with Crippen LogP contribution in [0, 0.1) is 5.92 Å². The highest BCUT2D eigenvalue weighted by atomic mass is 16.5. The lowest BCUT2D eigenvalue weighted by Gasteiger charge is -2.35. The average molecular weight is 310 g/mol. The first kappa shape index (κ1) is 17.3. The Hall–Kier alpha value is -2.09. The van der Waals surface area contributed by atoms with Crippen molar-refractivity contribution in [3.05, 3.63) is 71.8 Å². The summed E-state index contributed by atoms with van der Waals surface area (Å²) in [6, 6.07) is 20.0. The van der Waals surface area contributed by atoms with Crippen molar-refractivity contribution in [3.8, 4) is 0 Å². The van der Waals surface area contributed by atoms with Gasteiger partial charge >= 0.3 is 5.97 Å². The van der Waals surface area contributed by atoms with Crippen molar-refractivity contribution in [3.63, 3.8) is 0 Å². The Morgan fingerprint density at radius 2 is 1.30 bits per heavy atom. The standard InChI is InChI=1S/C21H26O2/c1-16(2)15-21(20(22)23-17(3)4,18-11-7-5-8-12-18)19-13-9-6-10-14-19/h5-14,16-17H,15H2,1-4H3. The van der Waals surface area contributed by atoms with Crippen LogP contribution in [-0.2, 0) is 14.9 Å². The molecule has 2 nitrogen and oxygen atoms in total. The fourth-order valence-corrected chi connectivity index (χ4v) is 3.09. The SMILES string of the molecule is CC(C)CC(C(=O)OC(C)C)(c1ccccc1)c1ccccc1. The molecule has 0 bridgehead atoms. The van der Waals surface area contributed by atoms with E-state index in [0.29, 0.717) is 12.3 Å². The third-order valence-corrected chi connectivity index (χ3v) is 3.94. The van der Waals surface area contributed by atoms with Gasteiger partial charge in [-0.15, -0.1) is 0 Å². The van der Waals surface area contributed by atoms with E-state index in [9.17, 15) is 4.79 Å². The lowest BCUT2D eigenvalue weighted by atomic mass is 9.69. The molecule has 0 amide bonds. The Labute approximate surface area is 139 Å². The van der Waals surface area contributed by atoms with Crippen LogP contribution in [0.4, 0.5) is 0 Å². The molecule has 23 heavy (non-hydrogen) atoms. The maximum Gasteiger partial charge on any atom is 0.321 e. The van der Waals surface area contributed by atoms with Gasteiger partial charge < -0.3 is 4.74 Å². The summed E-state index contributed by atoms with van der Waals surface area (Å²) in [6.07, 6.45) is 0.577. The van der Waals surface area contributed by atoms with Gasteiger partial charge in [-0.25, -0.2) is 0 Å². The normalized spacial score (nSPS) is 11.7. The Bertz CT molecular complexity index is 575. The molecule has 0 saturated carbocycles. The summed E-state index contributed by atoms with van der Waals surface area (Å²) >= 11 is 0. The molecule has 0 fully saturated rings. The highest BCUT2D eigenvalue weighted by Gasteiger charge is 2.44. The molecule has 0 aliphatic rings. The summed E-state index contributed by atoms with van der Waals surface area (Å²) in [5.74, 6) is 0.189. The van der Waals surface area contributed by atoms with Gasteiger partial charge in [-0.05, 0) is 37.3 Å².